The van der Waals surface area contributed by atoms with E-state index in [-0.39, 0.29) is 24.5 Å². The number of carbonyl (C=O) groups is 2. The average Bonchev–Trinajstić information content (AvgIpc) is 2.47. The fourth-order valence-electron chi connectivity index (χ4n) is 3.07. The van der Waals surface area contributed by atoms with Crippen molar-refractivity contribution in [2.75, 3.05) is 26.2 Å². The maximum absolute atomic E-state index is 12.3. The monoisotopic (exact) mass is 268 g/mol. The molecule has 108 valence electrons. The Bertz CT molecular complexity index is 325. The minimum Gasteiger partial charge on any atom is -0.396 e. The van der Waals surface area contributed by atoms with Crippen molar-refractivity contribution in [3.63, 3.8) is 0 Å². The fourth-order valence-corrected chi connectivity index (χ4v) is 3.07. The summed E-state index contributed by atoms with van der Waals surface area (Å²) in [5.74, 6) is -0.704. The highest BCUT2D eigenvalue weighted by molar-refractivity contribution is 6.35. The van der Waals surface area contributed by atoms with Gasteiger partial charge in [-0.3, -0.25) is 9.59 Å². The predicted octanol–water partition coefficient (Wildman–Crippen LogP) is 0.762. The molecule has 5 nitrogen and oxygen atoms in total. The molecule has 2 fully saturated rings. The lowest BCUT2D eigenvalue weighted by Gasteiger charge is -2.36. The first-order valence-electron chi connectivity index (χ1n) is 7.45. The van der Waals surface area contributed by atoms with Crippen LogP contribution < -0.4 is 0 Å². The number of hydrogen-bond donors (Lipinski definition) is 1. The summed E-state index contributed by atoms with van der Waals surface area (Å²) in [5.41, 5.74) is 0. The lowest BCUT2D eigenvalue weighted by atomic mass is 9.99. The quantitative estimate of drug-likeness (QED) is 0.752. The smallest absolute Gasteiger partial charge is 0.312 e. The van der Waals surface area contributed by atoms with Gasteiger partial charge in [0.05, 0.1) is 0 Å². The number of rotatable bonds is 2. The Morgan fingerprint density at radius 1 is 0.947 bits per heavy atom. The molecule has 5 heteroatoms. The van der Waals surface area contributed by atoms with Crippen LogP contribution in [0, 0.1) is 0 Å². The number of nitrogens with zero attached hydrogens (tertiary/aromatic N) is 2. The average molecular weight is 268 g/mol. The zero-order valence-electron chi connectivity index (χ0n) is 11.5. The van der Waals surface area contributed by atoms with Crippen LogP contribution in [0.3, 0.4) is 0 Å². The molecule has 0 radical (unpaired) electrons. The molecule has 0 spiro atoms. The van der Waals surface area contributed by atoms with Crippen molar-refractivity contribution >= 4 is 11.8 Å². The summed E-state index contributed by atoms with van der Waals surface area (Å²) >= 11 is 0. The first-order valence-corrected chi connectivity index (χ1v) is 7.45. The molecule has 0 aromatic rings. The number of carbonyl (C=O) groups excluding carboxylic acids is 2. The van der Waals surface area contributed by atoms with Gasteiger partial charge in [-0.15, -0.1) is 0 Å². The molecule has 0 aromatic carbocycles. The van der Waals surface area contributed by atoms with Gasteiger partial charge >= 0.3 is 11.8 Å². The van der Waals surface area contributed by atoms with Gasteiger partial charge in [0, 0.05) is 32.3 Å². The van der Waals surface area contributed by atoms with Crippen molar-refractivity contribution < 1.29 is 14.7 Å². The highest BCUT2D eigenvalue weighted by Crippen LogP contribution is 2.20. The summed E-state index contributed by atoms with van der Waals surface area (Å²) in [4.78, 5) is 27.9. The Hall–Kier alpha value is -1.10. The van der Waals surface area contributed by atoms with Gasteiger partial charge in [0.1, 0.15) is 0 Å². The van der Waals surface area contributed by atoms with Crippen molar-refractivity contribution in [2.24, 2.45) is 0 Å². The van der Waals surface area contributed by atoms with Crippen molar-refractivity contribution in [3.8, 4) is 0 Å². The van der Waals surface area contributed by atoms with Crippen LogP contribution in [0.15, 0.2) is 0 Å². The van der Waals surface area contributed by atoms with Crippen LogP contribution in [0.5, 0.6) is 0 Å². The van der Waals surface area contributed by atoms with Gasteiger partial charge in [-0.2, -0.15) is 0 Å². The molecular formula is C14H24N2O3. The second-order valence-corrected chi connectivity index (χ2v) is 5.51. The fraction of sp³-hybridized carbons (Fsp3) is 0.857. The summed E-state index contributed by atoms with van der Waals surface area (Å²) in [6, 6.07) is 0.0417. The predicted molar refractivity (Wildman–Crippen MR) is 71.5 cm³/mol. The van der Waals surface area contributed by atoms with Crippen LogP contribution in [0.1, 0.15) is 44.9 Å². The molecule has 1 atom stereocenters. The zero-order valence-corrected chi connectivity index (χ0v) is 11.5. The molecule has 1 N–H and O–H groups in total. The third-order valence-corrected chi connectivity index (χ3v) is 4.18. The minimum atomic E-state index is -0.361. The third kappa shape index (κ3) is 3.47. The maximum Gasteiger partial charge on any atom is 0.312 e. The van der Waals surface area contributed by atoms with Crippen LogP contribution in [-0.4, -0.2) is 59.0 Å². The summed E-state index contributed by atoms with van der Waals surface area (Å²) in [5, 5.41) is 9.07. The van der Waals surface area contributed by atoms with Crippen LogP contribution in [0.2, 0.25) is 0 Å². The second kappa shape index (κ2) is 6.89. The third-order valence-electron chi connectivity index (χ3n) is 4.18. The molecule has 0 aliphatic carbocycles. The summed E-state index contributed by atoms with van der Waals surface area (Å²) in [6.07, 6.45) is 6.67. The Kier molecular flexibility index (Phi) is 5.19. The Balaban J connectivity index is 1.97. The van der Waals surface area contributed by atoms with E-state index in [1.807, 2.05) is 0 Å². The van der Waals surface area contributed by atoms with E-state index < -0.39 is 0 Å². The number of piperidine rings is 2. The first-order chi connectivity index (χ1) is 9.24. The number of aliphatic hydroxyl groups excluding tert-OH is 1. The molecule has 0 bridgehead atoms. The molecule has 0 aromatic heterocycles. The highest BCUT2D eigenvalue weighted by Gasteiger charge is 2.33. The van der Waals surface area contributed by atoms with Gasteiger partial charge in [0.25, 0.3) is 0 Å². The standard InChI is InChI=1S/C14H24N2O3/c17-11-7-12-6-2-5-10-16(12)14(19)13(18)15-8-3-1-4-9-15/h12,17H,1-11H2. The summed E-state index contributed by atoms with van der Waals surface area (Å²) in [7, 11) is 0. The van der Waals surface area contributed by atoms with Gasteiger partial charge in [-0.25, -0.2) is 0 Å². The Morgan fingerprint density at radius 2 is 1.63 bits per heavy atom. The van der Waals surface area contributed by atoms with E-state index in [4.69, 9.17) is 5.11 Å². The summed E-state index contributed by atoms with van der Waals surface area (Å²) in [6.45, 7) is 2.15. The van der Waals surface area contributed by atoms with E-state index in [0.717, 1.165) is 38.5 Å². The maximum atomic E-state index is 12.3. The number of hydrogen-bond acceptors (Lipinski definition) is 3. The molecule has 2 saturated heterocycles. The molecule has 2 rings (SSSR count). The summed E-state index contributed by atoms with van der Waals surface area (Å²) < 4.78 is 0. The van der Waals surface area contributed by atoms with E-state index in [9.17, 15) is 9.59 Å². The molecule has 0 saturated carbocycles. The lowest BCUT2D eigenvalue weighted by molar-refractivity contribution is -0.154. The van der Waals surface area contributed by atoms with Crippen LogP contribution >= 0.6 is 0 Å². The Morgan fingerprint density at radius 3 is 2.32 bits per heavy atom. The largest absolute Gasteiger partial charge is 0.396 e. The molecule has 2 aliphatic rings. The number of amides is 2. The number of aliphatic hydroxyl groups is 1. The second-order valence-electron chi connectivity index (χ2n) is 5.51. The van der Waals surface area contributed by atoms with E-state index in [1.54, 1.807) is 9.80 Å². The van der Waals surface area contributed by atoms with E-state index >= 15 is 0 Å². The SMILES string of the molecule is O=C(C(=O)N1CCCCC1CCO)N1CCCCC1. The minimum absolute atomic E-state index is 0.0417. The zero-order chi connectivity index (χ0) is 13.7. The van der Waals surface area contributed by atoms with Crippen LogP contribution in [-0.2, 0) is 9.59 Å². The van der Waals surface area contributed by atoms with Crippen molar-refractivity contribution in [1.29, 1.82) is 0 Å². The van der Waals surface area contributed by atoms with Crippen molar-refractivity contribution in [3.05, 3.63) is 0 Å². The van der Waals surface area contributed by atoms with E-state index in [1.165, 1.54) is 0 Å². The molecule has 2 amide bonds. The van der Waals surface area contributed by atoms with E-state index in [2.05, 4.69) is 0 Å². The van der Waals surface area contributed by atoms with Crippen LogP contribution in [0.4, 0.5) is 0 Å². The Labute approximate surface area is 114 Å². The molecule has 2 heterocycles. The van der Waals surface area contributed by atoms with Gasteiger partial charge < -0.3 is 14.9 Å². The van der Waals surface area contributed by atoms with Gasteiger partial charge in [-0.1, -0.05) is 0 Å². The van der Waals surface area contributed by atoms with E-state index in [0.29, 0.717) is 26.1 Å². The topological polar surface area (TPSA) is 60.9 Å². The van der Waals surface area contributed by atoms with Gasteiger partial charge in [0.15, 0.2) is 0 Å². The molecule has 2 aliphatic heterocycles. The van der Waals surface area contributed by atoms with Gasteiger partial charge in [-0.05, 0) is 44.9 Å². The molecular weight excluding hydrogens is 244 g/mol. The van der Waals surface area contributed by atoms with Gasteiger partial charge in [0.2, 0.25) is 0 Å². The lowest BCUT2D eigenvalue weighted by Crippen LogP contribution is -2.52. The molecule has 19 heavy (non-hydrogen) atoms. The number of likely N-dealkylation sites (tertiary alicyclic amines) is 2. The normalized spacial score (nSPS) is 24.4. The van der Waals surface area contributed by atoms with Crippen molar-refractivity contribution in [1.82, 2.24) is 9.80 Å². The molecule has 1 unspecified atom stereocenters. The highest BCUT2D eigenvalue weighted by atomic mass is 16.3. The van der Waals surface area contributed by atoms with Crippen molar-refractivity contribution in [2.45, 2.75) is 51.0 Å². The van der Waals surface area contributed by atoms with Crippen LogP contribution in [0.25, 0.3) is 0 Å². The first kappa shape index (κ1) is 14.3.